The highest BCUT2D eigenvalue weighted by molar-refractivity contribution is 8.00. The first kappa shape index (κ1) is 19.9. The van der Waals surface area contributed by atoms with Gasteiger partial charge in [0.2, 0.25) is 11.1 Å². The maximum Gasteiger partial charge on any atom is 0.235 e. The summed E-state index contributed by atoms with van der Waals surface area (Å²) < 4.78 is 1.71. The van der Waals surface area contributed by atoms with Crippen molar-refractivity contribution in [2.75, 3.05) is 13.1 Å². The van der Waals surface area contributed by atoms with Crippen LogP contribution in [0.25, 0.3) is 5.69 Å². The summed E-state index contributed by atoms with van der Waals surface area (Å²) in [5, 5.41) is 12.5. The van der Waals surface area contributed by atoms with Gasteiger partial charge in [0.15, 0.2) is 0 Å². The average molecular weight is 388 g/mol. The van der Waals surface area contributed by atoms with Crippen molar-refractivity contribution in [3.05, 3.63) is 29.8 Å². The molecule has 0 N–H and O–H groups in total. The average Bonchev–Trinajstić information content (AvgIpc) is 3.08. The zero-order valence-corrected chi connectivity index (χ0v) is 17.6. The topological polar surface area (TPSA) is 63.9 Å². The predicted octanol–water partition coefficient (Wildman–Crippen LogP) is 3.77. The molecule has 1 fully saturated rings. The molecule has 0 bridgehead atoms. The number of amides is 1. The first-order valence-electron chi connectivity index (χ1n) is 9.69. The molecular formula is C20H29N5OS. The Morgan fingerprint density at radius 3 is 2.33 bits per heavy atom. The Morgan fingerprint density at radius 2 is 1.74 bits per heavy atom. The molecule has 2 heterocycles. The van der Waals surface area contributed by atoms with E-state index in [9.17, 15) is 4.79 Å². The van der Waals surface area contributed by atoms with E-state index in [1.807, 2.05) is 24.0 Å². The van der Waals surface area contributed by atoms with E-state index in [-0.39, 0.29) is 11.2 Å². The molecule has 1 saturated heterocycles. The number of nitrogens with zero attached hydrogens (tertiary/aromatic N) is 5. The summed E-state index contributed by atoms with van der Waals surface area (Å²) in [5.41, 5.74) is 2.18. The Labute approximate surface area is 165 Å². The van der Waals surface area contributed by atoms with Gasteiger partial charge in [-0.25, -0.2) is 0 Å². The normalized spacial score (nSPS) is 21.5. The minimum Gasteiger partial charge on any atom is -0.341 e. The van der Waals surface area contributed by atoms with E-state index in [1.165, 1.54) is 23.7 Å². The Hall–Kier alpha value is -1.89. The Balaban J connectivity index is 1.71. The second-order valence-electron chi connectivity index (χ2n) is 8.07. The lowest BCUT2D eigenvalue weighted by Gasteiger charge is -2.36. The molecule has 6 nitrogen and oxygen atoms in total. The molecule has 7 heteroatoms. The monoisotopic (exact) mass is 387 g/mol. The quantitative estimate of drug-likeness (QED) is 0.731. The molecule has 1 aromatic heterocycles. The second kappa shape index (κ2) is 8.42. The largest absolute Gasteiger partial charge is 0.341 e. The third-order valence-electron chi connectivity index (χ3n) is 5.06. The molecule has 0 radical (unpaired) electrons. The number of carbonyl (C=O) groups excluding carboxylic acids is 1. The fraction of sp³-hybridized carbons (Fsp3) is 0.600. The summed E-state index contributed by atoms with van der Waals surface area (Å²) in [6, 6.07) is 8.24. The van der Waals surface area contributed by atoms with E-state index >= 15 is 0 Å². The zero-order chi connectivity index (χ0) is 19.6. The van der Waals surface area contributed by atoms with Gasteiger partial charge in [0.05, 0.1) is 10.9 Å². The van der Waals surface area contributed by atoms with Crippen LogP contribution in [0.1, 0.15) is 52.5 Å². The fourth-order valence-corrected chi connectivity index (χ4v) is 4.61. The van der Waals surface area contributed by atoms with E-state index in [2.05, 4.69) is 55.4 Å². The number of rotatable bonds is 5. The first-order chi connectivity index (χ1) is 12.8. The van der Waals surface area contributed by atoms with E-state index in [0.29, 0.717) is 22.9 Å². The van der Waals surface area contributed by atoms with E-state index in [4.69, 9.17) is 0 Å². The van der Waals surface area contributed by atoms with Crippen LogP contribution in [-0.2, 0) is 4.79 Å². The number of piperidine rings is 1. The van der Waals surface area contributed by atoms with Gasteiger partial charge in [0, 0.05) is 13.1 Å². The first-order valence-corrected chi connectivity index (χ1v) is 10.6. The SMILES string of the molecule is CC(C)c1ccc(-n2nnnc2S[C@H](C)C(=O)N2C[C@@H](C)C[C@H](C)C2)cc1. The van der Waals surface area contributed by atoms with Crippen molar-refractivity contribution >= 4 is 17.7 Å². The molecule has 1 aliphatic rings. The van der Waals surface area contributed by atoms with Crippen molar-refractivity contribution in [1.29, 1.82) is 0 Å². The van der Waals surface area contributed by atoms with Gasteiger partial charge in [-0.3, -0.25) is 4.79 Å². The van der Waals surface area contributed by atoms with Crippen molar-refractivity contribution in [1.82, 2.24) is 25.1 Å². The van der Waals surface area contributed by atoms with Crippen molar-refractivity contribution in [3.63, 3.8) is 0 Å². The van der Waals surface area contributed by atoms with Gasteiger partial charge in [-0.1, -0.05) is 51.6 Å². The van der Waals surface area contributed by atoms with Crippen molar-refractivity contribution in [2.24, 2.45) is 11.8 Å². The van der Waals surface area contributed by atoms with E-state index in [0.717, 1.165) is 18.8 Å². The molecule has 0 spiro atoms. The maximum atomic E-state index is 12.9. The van der Waals surface area contributed by atoms with Gasteiger partial charge < -0.3 is 4.90 Å². The van der Waals surface area contributed by atoms with Gasteiger partial charge in [-0.05, 0) is 59.2 Å². The van der Waals surface area contributed by atoms with Gasteiger partial charge in [-0.15, -0.1) is 5.10 Å². The third-order valence-corrected chi connectivity index (χ3v) is 6.08. The van der Waals surface area contributed by atoms with E-state index in [1.54, 1.807) is 4.68 Å². The minimum atomic E-state index is -0.220. The van der Waals surface area contributed by atoms with Crippen LogP contribution in [0.2, 0.25) is 0 Å². The van der Waals surface area contributed by atoms with E-state index < -0.39 is 0 Å². The van der Waals surface area contributed by atoms with Crippen LogP contribution in [0, 0.1) is 11.8 Å². The highest BCUT2D eigenvalue weighted by Gasteiger charge is 2.29. The summed E-state index contributed by atoms with van der Waals surface area (Å²) in [6.07, 6.45) is 1.19. The molecule has 146 valence electrons. The summed E-state index contributed by atoms with van der Waals surface area (Å²) >= 11 is 1.42. The molecule has 27 heavy (non-hydrogen) atoms. The van der Waals surface area contributed by atoms with Crippen molar-refractivity contribution in [2.45, 2.75) is 57.4 Å². The van der Waals surface area contributed by atoms with Gasteiger partial charge in [0.1, 0.15) is 0 Å². The van der Waals surface area contributed by atoms with Gasteiger partial charge in [-0.2, -0.15) is 4.68 Å². The minimum absolute atomic E-state index is 0.170. The third kappa shape index (κ3) is 4.69. The molecule has 0 unspecified atom stereocenters. The molecule has 3 rings (SSSR count). The lowest BCUT2D eigenvalue weighted by Crippen LogP contribution is -2.45. The number of carbonyl (C=O) groups is 1. The molecule has 2 aromatic rings. The second-order valence-corrected chi connectivity index (χ2v) is 9.38. The molecule has 1 aromatic carbocycles. The van der Waals surface area contributed by atoms with Crippen LogP contribution < -0.4 is 0 Å². The zero-order valence-electron chi connectivity index (χ0n) is 16.8. The highest BCUT2D eigenvalue weighted by Crippen LogP contribution is 2.27. The van der Waals surface area contributed by atoms with Crippen LogP contribution in [0.3, 0.4) is 0 Å². The number of thioether (sulfide) groups is 1. The lowest BCUT2D eigenvalue weighted by molar-refractivity contribution is -0.132. The summed E-state index contributed by atoms with van der Waals surface area (Å²) in [4.78, 5) is 14.9. The molecule has 0 saturated carbocycles. The molecule has 1 amide bonds. The Kier molecular flexibility index (Phi) is 6.19. The Bertz CT molecular complexity index is 763. The van der Waals surface area contributed by atoms with Crippen LogP contribution in [0.15, 0.2) is 29.4 Å². The number of tetrazole rings is 1. The predicted molar refractivity (Wildman–Crippen MR) is 108 cm³/mol. The number of aromatic nitrogens is 4. The van der Waals surface area contributed by atoms with Gasteiger partial charge >= 0.3 is 0 Å². The van der Waals surface area contributed by atoms with Crippen LogP contribution in [0.4, 0.5) is 0 Å². The van der Waals surface area contributed by atoms with Crippen LogP contribution >= 0.6 is 11.8 Å². The van der Waals surface area contributed by atoms with Crippen LogP contribution in [0.5, 0.6) is 0 Å². The van der Waals surface area contributed by atoms with Gasteiger partial charge in [0.25, 0.3) is 0 Å². The smallest absolute Gasteiger partial charge is 0.235 e. The molecular weight excluding hydrogens is 358 g/mol. The van der Waals surface area contributed by atoms with Crippen LogP contribution in [-0.4, -0.2) is 49.4 Å². The molecule has 3 atom stereocenters. The summed E-state index contributed by atoms with van der Waals surface area (Å²) in [5.74, 6) is 1.76. The fourth-order valence-electron chi connectivity index (χ4n) is 3.72. The van der Waals surface area contributed by atoms with Crippen molar-refractivity contribution < 1.29 is 4.79 Å². The highest BCUT2D eigenvalue weighted by atomic mass is 32.2. The van der Waals surface area contributed by atoms with Crippen molar-refractivity contribution in [3.8, 4) is 5.69 Å². The number of hydrogen-bond donors (Lipinski definition) is 0. The number of likely N-dealkylation sites (tertiary alicyclic amines) is 1. The summed E-state index contributed by atoms with van der Waals surface area (Å²) in [6.45, 7) is 12.4. The molecule has 1 aliphatic heterocycles. The number of hydrogen-bond acceptors (Lipinski definition) is 5. The molecule has 0 aliphatic carbocycles. The standard InChI is InChI=1S/C20H29N5OS/c1-13(2)17-6-8-18(9-7-17)25-20(21-22-23-25)27-16(5)19(26)24-11-14(3)10-15(4)12-24/h6-9,13-16H,10-12H2,1-5H3/t14-,15-,16+/m0/s1. The summed E-state index contributed by atoms with van der Waals surface area (Å²) in [7, 11) is 0. The lowest BCUT2D eigenvalue weighted by atomic mass is 9.92. The maximum absolute atomic E-state index is 12.9. The number of benzene rings is 1. The Morgan fingerprint density at radius 1 is 1.11 bits per heavy atom.